The Labute approximate surface area is 215 Å². The first-order valence-corrected chi connectivity index (χ1v) is 13.5. The first-order chi connectivity index (χ1) is 17.3. The summed E-state index contributed by atoms with van der Waals surface area (Å²) in [6, 6.07) is 29.0. The topological polar surface area (TPSA) is 84.5 Å². The predicted molar refractivity (Wildman–Crippen MR) is 144 cm³/mol. The number of benzene rings is 4. The van der Waals surface area contributed by atoms with Gasteiger partial charge in [0, 0.05) is 9.79 Å². The molecular formula is C28H26N2O4S2. The molecule has 4 rings (SSSR count). The van der Waals surface area contributed by atoms with Crippen molar-refractivity contribution < 1.29 is 17.9 Å². The van der Waals surface area contributed by atoms with Crippen LogP contribution >= 0.6 is 11.8 Å². The lowest BCUT2D eigenvalue weighted by Gasteiger charge is -2.13. The second-order valence-electron chi connectivity index (χ2n) is 8.14. The maximum Gasteiger partial charge on any atom is 0.262 e. The summed E-state index contributed by atoms with van der Waals surface area (Å²) in [5.74, 6) is 0.0761. The molecule has 0 atom stereocenters. The van der Waals surface area contributed by atoms with Crippen LogP contribution in [0.25, 0.3) is 0 Å². The lowest BCUT2D eigenvalue weighted by Crippen LogP contribution is -2.20. The molecular weight excluding hydrogens is 492 g/mol. The molecule has 0 unspecified atom stereocenters. The Morgan fingerprint density at radius 1 is 0.833 bits per heavy atom. The molecule has 4 aromatic rings. The molecule has 8 heteroatoms. The second kappa shape index (κ2) is 11.3. The molecule has 0 aliphatic rings. The van der Waals surface area contributed by atoms with Crippen LogP contribution in [0.4, 0.5) is 11.4 Å². The van der Waals surface area contributed by atoms with Gasteiger partial charge in [0.05, 0.1) is 16.3 Å². The number of hydrogen-bond donors (Lipinski definition) is 2. The summed E-state index contributed by atoms with van der Waals surface area (Å²) >= 11 is 1.56. The van der Waals surface area contributed by atoms with Crippen molar-refractivity contribution in [3.05, 3.63) is 108 Å². The van der Waals surface area contributed by atoms with Crippen LogP contribution < -0.4 is 14.8 Å². The predicted octanol–water partition coefficient (Wildman–Crippen LogP) is 6.27. The zero-order chi connectivity index (χ0) is 25.5. The number of rotatable bonds is 9. The van der Waals surface area contributed by atoms with Crippen LogP contribution in [0, 0.1) is 13.8 Å². The van der Waals surface area contributed by atoms with Gasteiger partial charge in [-0.15, -0.1) is 0 Å². The summed E-state index contributed by atoms with van der Waals surface area (Å²) in [5.41, 5.74) is 3.03. The van der Waals surface area contributed by atoms with E-state index in [0.29, 0.717) is 17.1 Å². The molecule has 2 N–H and O–H groups in total. The van der Waals surface area contributed by atoms with Gasteiger partial charge in [-0.1, -0.05) is 54.2 Å². The van der Waals surface area contributed by atoms with Crippen LogP contribution in [-0.2, 0) is 14.8 Å². The van der Waals surface area contributed by atoms with Crippen molar-refractivity contribution in [1.82, 2.24) is 0 Å². The molecule has 0 aliphatic heterocycles. The number of carbonyl (C=O) groups is 1. The van der Waals surface area contributed by atoms with E-state index < -0.39 is 10.0 Å². The van der Waals surface area contributed by atoms with Crippen molar-refractivity contribution in [1.29, 1.82) is 0 Å². The minimum Gasteiger partial charge on any atom is -0.484 e. The van der Waals surface area contributed by atoms with Crippen LogP contribution in [0.15, 0.2) is 112 Å². The van der Waals surface area contributed by atoms with Crippen molar-refractivity contribution in [2.75, 3.05) is 16.6 Å². The molecule has 0 saturated carbocycles. The molecule has 1 amide bonds. The van der Waals surface area contributed by atoms with Crippen molar-refractivity contribution in [2.24, 2.45) is 0 Å². The molecule has 0 heterocycles. The fraction of sp³-hybridized carbons (Fsp3) is 0.107. The maximum atomic E-state index is 12.8. The normalized spacial score (nSPS) is 11.1. The van der Waals surface area contributed by atoms with Gasteiger partial charge < -0.3 is 10.1 Å². The summed E-state index contributed by atoms with van der Waals surface area (Å²) in [4.78, 5) is 14.6. The van der Waals surface area contributed by atoms with Crippen LogP contribution in [0.3, 0.4) is 0 Å². The quantitative estimate of drug-likeness (QED) is 0.273. The van der Waals surface area contributed by atoms with E-state index in [1.165, 1.54) is 24.3 Å². The smallest absolute Gasteiger partial charge is 0.262 e. The second-order valence-corrected chi connectivity index (χ2v) is 10.9. The number of carbonyl (C=O) groups excluding carboxylic acids is 1. The number of para-hydroxylation sites is 1. The van der Waals surface area contributed by atoms with Crippen LogP contribution in [0.1, 0.15) is 11.1 Å². The fourth-order valence-corrected chi connectivity index (χ4v) is 5.42. The average Bonchev–Trinajstić information content (AvgIpc) is 2.87. The Hall–Kier alpha value is -3.75. The van der Waals surface area contributed by atoms with E-state index in [0.717, 1.165) is 20.9 Å². The van der Waals surface area contributed by atoms with Gasteiger partial charge in [-0.25, -0.2) is 8.42 Å². The minimum absolute atomic E-state index is 0.104. The molecule has 6 nitrogen and oxygen atoms in total. The third-order valence-electron chi connectivity index (χ3n) is 5.27. The van der Waals surface area contributed by atoms with Gasteiger partial charge in [-0.2, -0.15) is 0 Å². The molecule has 0 aliphatic carbocycles. The first kappa shape index (κ1) is 25.3. The third-order valence-corrected chi connectivity index (χ3v) is 7.74. The molecule has 0 radical (unpaired) electrons. The highest BCUT2D eigenvalue weighted by molar-refractivity contribution is 7.99. The molecule has 0 aromatic heterocycles. The highest BCUT2D eigenvalue weighted by atomic mass is 32.2. The average molecular weight is 519 g/mol. The largest absolute Gasteiger partial charge is 0.484 e. The van der Waals surface area contributed by atoms with Crippen LogP contribution in [0.2, 0.25) is 0 Å². The zero-order valence-corrected chi connectivity index (χ0v) is 21.5. The van der Waals surface area contributed by atoms with Gasteiger partial charge >= 0.3 is 0 Å². The Morgan fingerprint density at radius 2 is 1.53 bits per heavy atom. The summed E-state index contributed by atoms with van der Waals surface area (Å²) < 4.78 is 33.8. The Balaban J connectivity index is 1.36. The number of aryl methyl sites for hydroxylation is 2. The molecule has 0 fully saturated rings. The van der Waals surface area contributed by atoms with Gasteiger partial charge in [-0.05, 0) is 79.6 Å². The van der Waals surface area contributed by atoms with Crippen molar-refractivity contribution in [2.45, 2.75) is 28.5 Å². The number of anilines is 2. The zero-order valence-electron chi connectivity index (χ0n) is 19.9. The number of nitrogens with one attached hydrogen (secondary N) is 2. The van der Waals surface area contributed by atoms with E-state index >= 15 is 0 Å². The Kier molecular flexibility index (Phi) is 7.97. The SMILES string of the molecule is Cc1ccc(C)c(NS(=O)(=O)c2ccc(OCC(=O)Nc3ccccc3Sc3ccccc3)cc2)c1. The van der Waals surface area contributed by atoms with Crippen molar-refractivity contribution in [3.8, 4) is 5.75 Å². The van der Waals surface area contributed by atoms with Crippen molar-refractivity contribution >= 4 is 39.1 Å². The molecule has 184 valence electrons. The number of amides is 1. The van der Waals surface area contributed by atoms with E-state index in [1.54, 1.807) is 17.8 Å². The lowest BCUT2D eigenvalue weighted by molar-refractivity contribution is -0.118. The van der Waals surface area contributed by atoms with E-state index in [1.807, 2.05) is 80.6 Å². The lowest BCUT2D eigenvalue weighted by atomic mass is 10.1. The molecule has 0 bridgehead atoms. The molecule has 0 spiro atoms. The maximum absolute atomic E-state index is 12.8. The van der Waals surface area contributed by atoms with Gasteiger partial charge in [0.25, 0.3) is 15.9 Å². The van der Waals surface area contributed by atoms with E-state index in [9.17, 15) is 13.2 Å². The van der Waals surface area contributed by atoms with E-state index in [-0.39, 0.29) is 17.4 Å². The molecule has 0 saturated heterocycles. The van der Waals surface area contributed by atoms with Gasteiger partial charge in [0.1, 0.15) is 5.75 Å². The summed E-state index contributed by atoms with van der Waals surface area (Å²) in [5, 5.41) is 2.88. The summed E-state index contributed by atoms with van der Waals surface area (Å²) in [6.07, 6.45) is 0. The van der Waals surface area contributed by atoms with Gasteiger partial charge in [0.2, 0.25) is 0 Å². The highest BCUT2D eigenvalue weighted by Crippen LogP contribution is 2.33. The monoisotopic (exact) mass is 518 g/mol. The van der Waals surface area contributed by atoms with Crippen LogP contribution in [0.5, 0.6) is 5.75 Å². The van der Waals surface area contributed by atoms with Crippen LogP contribution in [-0.4, -0.2) is 20.9 Å². The van der Waals surface area contributed by atoms with E-state index in [4.69, 9.17) is 4.74 Å². The Morgan fingerprint density at radius 3 is 2.28 bits per heavy atom. The first-order valence-electron chi connectivity index (χ1n) is 11.2. The summed E-state index contributed by atoms with van der Waals surface area (Å²) in [7, 11) is -3.76. The van der Waals surface area contributed by atoms with Crippen molar-refractivity contribution in [3.63, 3.8) is 0 Å². The number of sulfonamides is 1. The van der Waals surface area contributed by atoms with Gasteiger partial charge in [-0.3, -0.25) is 9.52 Å². The fourth-order valence-electron chi connectivity index (χ4n) is 3.37. The third kappa shape index (κ3) is 6.68. The number of ether oxygens (including phenoxy) is 1. The summed E-state index contributed by atoms with van der Waals surface area (Å²) in [6.45, 7) is 3.54. The standard InChI is InChI=1S/C28H26N2O4S2/c1-20-12-13-21(2)26(18-20)30-36(32,33)24-16-14-22(15-17-24)34-19-28(31)29-25-10-6-7-11-27(25)35-23-8-4-3-5-9-23/h3-18,30H,19H2,1-2H3,(H,29,31). The Bertz CT molecular complexity index is 1450. The van der Waals surface area contributed by atoms with Gasteiger partial charge in [0.15, 0.2) is 6.61 Å². The molecule has 4 aromatic carbocycles. The highest BCUT2D eigenvalue weighted by Gasteiger charge is 2.16. The number of hydrogen-bond acceptors (Lipinski definition) is 5. The van der Waals surface area contributed by atoms with E-state index in [2.05, 4.69) is 10.0 Å². The molecule has 36 heavy (non-hydrogen) atoms. The minimum atomic E-state index is -3.76.